The second kappa shape index (κ2) is 4.75. The summed E-state index contributed by atoms with van der Waals surface area (Å²) in [5.41, 5.74) is -1.52. The summed E-state index contributed by atoms with van der Waals surface area (Å²) in [6.45, 7) is 0. The molecule has 8 heteroatoms. The summed E-state index contributed by atoms with van der Waals surface area (Å²) in [6.07, 6.45) is -3.20. The van der Waals surface area contributed by atoms with Crippen LogP contribution in [0.1, 0.15) is 18.4 Å². The van der Waals surface area contributed by atoms with Gasteiger partial charge in [0.15, 0.2) is 0 Å². The van der Waals surface area contributed by atoms with E-state index in [1.54, 1.807) is 0 Å². The maximum atomic E-state index is 12.5. The number of rotatable bonds is 4. The number of nitrogens with one attached hydrogen (secondary N) is 1. The Balaban J connectivity index is 2.31. The molecule has 1 aromatic carbocycles. The van der Waals surface area contributed by atoms with Crippen molar-refractivity contribution < 1.29 is 21.6 Å². The van der Waals surface area contributed by atoms with Crippen molar-refractivity contribution in [2.45, 2.75) is 29.5 Å². The zero-order chi connectivity index (χ0) is 14.3. The summed E-state index contributed by atoms with van der Waals surface area (Å²) >= 11 is 3.20. The Kier molecular flexibility index (Phi) is 3.70. The summed E-state index contributed by atoms with van der Waals surface area (Å²) in [7, 11) is -3.93. The van der Waals surface area contributed by atoms with E-state index in [0.29, 0.717) is 24.2 Å². The van der Waals surface area contributed by atoms with Gasteiger partial charge >= 0.3 is 6.18 Å². The van der Waals surface area contributed by atoms with E-state index < -0.39 is 27.3 Å². The van der Waals surface area contributed by atoms with E-state index in [9.17, 15) is 21.6 Å². The third kappa shape index (κ3) is 3.29. The van der Waals surface area contributed by atoms with Crippen LogP contribution < -0.4 is 4.72 Å². The zero-order valence-electron chi connectivity index (χ0n) is 9.67. The lowest BCUT2D eigenvalue weighted by Gasteiger charge is -2.15. The highest BCUT2D eigenvalue weighted by molar-refractivity contribution is 9.09. The molecule has 0 heterocycles. The lowest BCUT2D eigenvalue weighted by atomic mass is 10.2. The van der Waals surface area contributed by atoms with Crippen LogP contribution in [-0.2, 0) is 16.2 Å². The summed E-state index contributed by atoms with van der Waals surface area (Å²) in [4.78, 5) is -0.366. The zero-order valence-corrected chi connectivity index (χ0v) is 12.1. The van der Waals surface area contributed by atoms with Crippen molar-refractivity contribution in [2.24, 2.45) is 0 Å². The maximum absolute atomic E-state index is 12.5. The Morgan fingerprint density at radius 1 is 1.32 bits per heavy atom. The molecule has 1 aliphatic carbocycles. The fourth-order valence-electron chi connectivity index (χ4n) is 1.60. The van der Waals surface area contributed by atoms with Crippen LogP contribution in [0.2, 0.25) is 0 Å². The fourth-order valence-corrected chi connectivity index (χ4v) is 3.99. The Morgan fingerprint density at radius 2 is 1.95 bits per heavy atom. The number of benzene rings is 1. The highest BCUT2D eigenvalue weighted by Crippen LogP contribution is 2.38. The molecule has 0 atom stereocenters. The molecule has 0 radical (unpaired) electrons. The largest absolute Gasteiger partial charge is 0.416 e. The highest BCUT2D eigenvalue weighted by atomic mass is 79.9. The molecule has 0 saturated heterocycles. The molecule has 1 saturated carbocycles. The monoisotopic (exact) mass is 357 g/mol. The van der Waals surface area contributed by atoms with Gasteiger partial charge in [0.05, 0.1) is 10.5 Å². The number of alkyl halides is 4. The molecule has 0 spiro atoms. The first-order chi connectivity index (χ1) is 8.69. The van der Waals surface area contributed by atoms with E-state index in [-0.39, 0.29) is 4.90 Å². The molecule has 19 heavy (non-hydrogen) atoms. The van der Waals surface area contributed by atoms with Gasteiger partial charge in [-0.2, -0.15) is 13.2 Å². The molecular weight excluding hydrogens is 347 g/mol. The first kappa shape index (κ1) is 14.8. The van der Waals surface area contributed by atoms with Gasteiger partial charge in [0.1, 0.15) is 0 Å². The normalized spacial score (nSPS) is 18.3. The van der Waals surface area contributed by atoms with Crippen molar-refractivity contribution >= 4 is 26.0 Å². The van der Waals surface area contributed by atoms with E-state index in [1.165, 1.54) is 0 Å². The van der Waals surface area contributed by atoms with Crippen LogP contribution in [0, 0.1) is 0 Å². The summed E-state index contributed by atoms with van der Waals surface area (Å²) in [5.74, 6) is 0. The number of hydrogen-bond acceptors (Lipinski definition) is 2. The molecule has 0 amide bonds. The standard InChI is InChI=1S/C11H11BrF3NO2S/c12-7-10(4-5-10)16-19(17,18)9-3-1-2-8(6-9)11(13,14)15/h1-3,6,16H,4-5,7H2. The molecule has 1 aliphatic rings. The van der Waals surface area contributed by atoms with Crippen molar-refractivity contribution in [3.63, 3.8) is 0 Å². The molecule has 3 nitrogen and oxygen atoms in total. The molecular formula is C11H11BrF3NO2S. The van der Waals surface area contributed by atoms with E-state index in [4.69, 9.17) is 0 Å². The fraction of sp³-hybridized carbons (Fsp3) is 0.455. The van der Waals surface area contributed by atoms with Gasteiger partial charge in [0.2, 0.25) is 10.0 Å². The first-order valence-electron chi connectivity index (χ1n) is 5.46. The Labute approximate surface area is 117 Å². The number of sulfonamides is 1. The lowest BCUT2D eigenvalue weighted by Crippen LogP contribution is -2.38. The van der Waals surface area contributed by atoms with Crippen LogP contribution in [0.4, 0.5) is 13.2 Å². The van der Waals surface area contributed by atoms with Crippen molar-refractivity contribution in [1.82, 2.24) is 4.72 Å². The van der Waals surface area contributed by atoms with E-state index in [0.717, 1.165) is 18.2 Å². The van der Waals surface area contributed by atoms with E-state index in [1.807, 2.05) is 0 Å². The quantitative estimate of drug-likeness (QED) is 0.842. The molecule has 2 rings (SSSR count). The van der Waals surface area contributed by atoms with Gasteiger partial charge in [-0.05, 0) is 31.0 Å². The van der Waals surface area contributed by atoms with Crippen LogP contribution in [0.15, 0.2) is 29.2 Å². The lowest BCUT2D eigenvalue weighted by molar-refractivity contribution is -0.137. The maximum Gasteiger partial charge on any atom is 0.416 e. The van der Waals surface area contributed by atoms with Crippen molar-refractivity contribution in [3.05, 3.63) is 29.8 Å². The van der Waals surface area contributed by atoms with E-state index >= 15 is 0 Å². The third-order valence-corrected chi connectivity index (χ3v) is 5.58. The van der Waals surface area contributed by atoms with Gasteiger partial charge in [0, 0.05) is 10.9 Å². The van der Waals surface area contributed by atoms with Crippen LogP contribution in [-0.4, -0.2) is 19.3 Å². The van der Waals surface area contributed by atoms with Crippen molar-refractivity contribution in [1.29, 1.82) is 0 Å². The predicted octanol–water partition coefficient (Wildman–Crippen LogP) is 2.91. The second-order valence-electron chi connectivity index (χ2n) is 4.55. The molecule has 0 bridgehead atoms. The number of hydrogen-bond donors (Lipinski definition) is 1. The molecule has 1 N–H and O–H groups in total. The molecule has 106 valence electrons. The summed E-state index contributed by atoms with van der Waals surface area (Å²) < 4.78 is 64.1. The second-order valence-corrected chi connectivity index (χ2v) is 6.79. The van der Waals surface area contributed by atoms with Crippen LogP contribution in [0.25, 0.3) is 0 Å². The molecule has 0 aliphatic heterocycles. The third-order valence-electron chi connectivity index (χ3n) is 2.93. The highest BCUT2D eigenvalue weighted by Gasteiger charge is 2.45. The van der Waals surface area contributed by atoms with Crippen molar-refractivity contribution in [2.75, 3.05) is 5.33 Å². The predicted molar refractivity (Wildman–Crippen MR) is 67.5 cm³/mol. The van der Waals surface area contributed by atoms with Crippen molar-refractivity contribution in [3.8, 4) is 0 Å². The van der Waals surface area contributed by atoms with Crippen LogP contribution in [0.5, 0.6) is 0 Å². The molecule has 0 unspecified atom stereocenters. The topological polar surface area (TPSA) is 46.2 Å². The minimum absolute atomic E-state index is 0.366. The number of halogens is 4. The van der Waals surface area contributed by atoms with Gasteiger partial charge in [-0.25, -0.2) is 13.1 Å². The average molecular weight is 358 g/mol. The van der Waals surface area contributed by atoms with Crippen LogP contribution in [0.3, 0.4) is 0 Å². The minimum atomic E-state index is -4.56. The Morgan fingerprint density at radius 3 is 2.42 bits per heavy atom. The summed E-state index contributed by atoms with van der Waals surface area (Å²) in [5, 5.41) is 0.443. The van der Waals surface area contributed by atoms with E-state index in [2.05, 4.69) is 20.7 Å². The SMILES string of the molecule is O=S(=O)(NC1(CBr)CC1)c1cccc(C(F)(F)F)c1. The van der Waals surface area contributed by atoms with Gasteiger partial charge in [-0.3, -0.25) is 0 Å². The smallest absolute Gasteiger partial charge is 0.207 e. The van der Waals surface area contributed by atoms with Gasteiger partial charge in [0.25, 0.3) is 0 Å². The first-order valence-corrected chi connectivity index (χ1v) is 8.06. The molecule has 0 aromatic heterocycles. The Bertz CT molecular complexity index is 582. The van der Waals surface area contributed by atoms with Gasteiger partial charge in [-0.15, -0.1) is 0 Å². The van der Waals surface area contributed by atoms with Gasteiger partial charge in [-0.1, -0.05) is 22.0 Å². The average Bonchev–Trinajstić information content (AvgIpc) is 3.08. The summed E-state index contributed by atoms with van der Waals surface area (Å²) in [6, 6.07) is 3.73. The molecule has 1 fully saturated rings. The van der Waals surface area contributed by atoms with Crippen LogP contribution >= 0.6 is 15.9 Å². The molecule has 1 aromatic rings. The minimum Gasteiger partial charge on any atom is -0.207 e. The Hall–Kier alpha value is -0.600. The van der Waals surface area contributed by atoms with Gasteiger partial charge < -0.3 is 0 Å².